The summed E-state index contributed by atoms with van der Waals surface area (Å²) in [5.41, 5.74) is 6.68. The normalized spacial score (nSPS) is 20.1. The van der Waals surface area contributed by atoms with Crippen molar-refractivity contribution in [2.24, 2.45) is 11.7 Å². The lowest BCUT2D eigenvalue weighted by Gasteiger charge is -2.27. The maximum atomic E-state index is 13.4. The summed E-state index contributed by atoms with van der Waals surface area (Å²) in [6.07, 6.45) is 2.74. The molecular formula is C24H22BrN5O6. The Hall–Kier alpha value is -4.06. The second kappa shape index (κ2) is 8.86. The molecule has 1 saturated heterocycles. The van der Waals surface area contributed by atoms with Gasteiger partial charge in [0.15, 0.2) is 0 Å². The van der Waals surface area contributed by atoms with E-state index in [1.807, 2.05) is 0 Å². The molecule has 1 aromatic heterocycles. The van der Waals surface area contributed by atoms with Gasteiger partial charge in [0.25, 0.3) is 0 Å². The number of amides is 4. The lowest BCUT2D eigenvalue weighted by molar-refractivity contribution is -0.120. The number of aromatic nitrogens is 1. The molecule has 186 valence electrons. The zero-order valence-electron chi connectivity index (χ0n) is 19.0. The molecule has 36 heavy (non-hydrogen) atoms. The number of methoxy groups -OCH3 is 1. The number of urea groups is 1. The molecule has 12 heteroatoms. The van der Waals surface area contributed by atoms with Gasteiger partial charge in [-0.3, -0.25) is 9.36 Å². The smallest absolute Gasteiger partial charge is 0.335 e. The van der Waals surface area contributed by atoms with Crippen LogP contribution in [0.2, 0.25) is 0 Å². The maximum absolute atomic E-state index is 13.4. The summed E-state index contributed by atoms with van der Waals surface area (Å²) in [5.74, 6) is -0.777. The summed E-state index contributed by atoms with van der Waals surface area (Å²) in [7, 11) is 1.51. The Morgan fingerprint density at radius 3 is 2.58 bits per heavy atom. The van der Waals surface area contributed by atoms with E-state index in [0.29, 0.717) is 38.9 Å². The van der Waals surface area contributed by atoms with Gasteiger partial charge in [0.05, 0.1) is 23.9 Å². The zero-order chi connectivity index (χ0) is 25.7. The number of halogens is 1. The first-order valence-corrected chi connectivity index (χ1v) is 11.9. The van der Waals surface area contributed by atoms with E-state index in [1.165, 1.54) is 34.9 Å². The Bertz CT molecular complexity index is 1440. The van der Waals surface area contributed by atoms with E-state index >= 15 is 0 Å². The molecule has 4 amide bonds. The molecule has 11 nitrogen and oxygen atoms in total. The molecule has 2 heterocycles. The highest BCUT2D eigenvalue weighted by molar-refractivity contribution is 9.10. The van der Waals surface area contributed by atoms with Crippen molar-refractivity contribution in [3.05, 3.63) is 52.6 Å². The summed E-state index contributed by atoms with van der Waals surface area (Å²) >= 11 is 3.25. The van der Waals surface area contributed by atoms with Crippen LogP contribution in [0, 0.1) is 5.92 Å². The number of likely N-dealkylation sites (tertiary alicyclic amines) is 1. The standard InChI is InChI=1S/C24H22BrN5O6/c1-36-15-2-3-18-16(9-15)17(10-29(18)23(26)34)28-24(35)30-19-6-11(19)7-20(30)21(31)27-14-5-12(22(32)33)4-13(25)8-14/h2-5,8-11,19-20H,6-7H2,1H3,(H2,26,34)(H,27,31)(H,28,35)(H,32,33)/t11-,19+,20-/m0/s1. The van der Waals surface area contributed by atoms with Gasteiger partial charge in [-0.05, 0) is 55.2 Å². The number of primary amides is 1. The third-order valence-electron chi connectivity index (χ3n) is 6.54. The van der Waals surface area contributed by atoms with Crippen LogP contribution in [0.3, 0.4) is 0 Å². The third kappa shape index (κ3) is 4.24. The predicted octanol–water partition coefficient (Wildman–Crippen LogP) is 3.67. The number of fused-ring (bicyclic) bond motifs is 2. The molecule has 0 bridgehead atoms. The fourth-order valence-corrected chi connectivity index (χ4v) is 5.28. The SMILES string of the molecule is COc1ccc2c(c1)c(NC(=O)N1[C@@H]3C[C@H]3C[C@H]1C(=O)Nc1cc(Br)cc(C(=O)O)c1)cn2C(N)=O. The van der Waals surface area contributed by atoms with E-state index in [9.17, 15) is 24.3 Å². The molecule has 5 rings (SSSR count). The van der Waals surface area contributed by atoms with Crippen LogP contribution < -0.4 is 21.1 Å². The number of nitrogens with zero attached hydrogens (tertiary/aromatic N) is 2. The first kappa shape index (κ1) is 23.7. The van der Waals surface area contributed by atoms with Gasteiger partial charge in [0.1, 0.15) is 11.8 Å². The van der Waals surface area contributed by atoms with E-state index in [4.69, 9.17) is 10.5 Å². The van der Waals surface area contributed by atoms with E-state index in [0.717, 1.165) is 6.42 Å². The van der Waals surface area contributed by atoms with Crippen molar-refractivity contribution < 1.29 is 29.0 Å². The average Bonchev–Trinajstić information content (AvgIpc) is 3.34. The van der Waals surface area contributed by atoms with Crippen LogP contribution in [-0.4, -0.2) is 57.7 Å². The van der Waals surface area contributed by atoms with E-state index in [1.54, 1.807) is 24.3 Å². The second-order valence-electron chi connectivity index (χ2n) is 8.81. The number of carboxylic acid groups (broad SMARTS) is 1. The second-order valence-corrected chi connectivity index (χ2v) is 9.72. The van der Waals surface area contributed by atoms with E-state index in [-0.39, 0.29) is 17.5 Å². The van der Waals surface area contributed by atoms with Crippen molar-refractivity contribution in [1.29, 1.82) is 0 Å². The number of hydrogen-bond acceptors (Lipinski definition) is 5. The van der Waals surface area contributed by atoms with Gasteiger partial charge < -0.3 is 31.1 Å². The van der Waals surface area contributed by atoms with Crippen LogP contribution in [-0.2, 0) is 4.79 Å². The Labute approximate surface area is 213 Å². The lowest BCUT2D eigenvalue weighted by atomic mass is 10.1. The number of rotatable bonds is 5. The minimum atomic E-state index is -1.12. The summed E-state index contributed by atoms with van der Waals surface area (Å²) in [6.45, 7) is 0. The molecule has 2 fully saturated rings. The number of carbonyl (C=O) groups excluding carboxylic acids is 3. The number of nitrogens with one attached hydrogen (secondary N) is 2. The minimum absolute atomic E-state index is 0.0183. The number of piperidine rings is 1. The van der Waals surface area contributed by atoms with Crippen molar-refractivity contribution in [2.75, 3.05) is 17.7 Å². The van der Waals surface area contributed by atoms with Crippen molar-refractivity contribution in [2.45, 2.75) is 24.9 Å². The molecule has 3 atom stereocenters. The quantitative estimate of drug-likeness (QED) is 0.376. The van der Waals surface area contributed by atoms with Gasteiger partial charge in [0.2, 0.25) is 5.91 Å². The molecule has 0 unspecified atom stereocenters. The Morgan fingerprint density at radius 2 is 1.89 bits per heavy atom. The minimum Gasteiger partial charge on any atom is -0.497 e. The van der Waals surface area contributed by atoms with Gasteiger partial charge in [-0.2, -0.15) is 0 Å². The van der Waals surface area contributed by atoms with Crippen molar-refractivity contribution in [1.82, 2.24) is 9.47 Å². The number of ether oxygens (including phenoxy) is 1. The maximum Gasteiger partial charge on any atom is 0.335 e. The van der Waals surface area contributed by atoms with Crippen molar-refractivity contribution in [3.63, 3.8) is 0 Å². The van der Waals surface area contributed by atoms with Gasteiger partial charge in [-0.15, -0.1) is 0 Å². The van der Waals surface area contributed by atoms with Crippen LogP contribution in [0.15, 0.2) is 47.1 Å². The Morgan fingerprint density at radius 1 is 1.11 bits per heavy atom. The van der Waals surface area contributed by atoms with Crippen LogP contribution >= 0.6 is 15.9 Å². The van der Waals surface area contributed by atoms with Gasteiger partial charge in [-0.25, -0.2) is 14.4 Å². The molecule has 1 aliphatic carbocycles. The van der Waals surface area contributed by atoms with Crippen molar-refractivity contribution >= 4 is 62.1 Å². The van der Waals surface area contributed by atoms with E-state index < -0.39 is 30.0 Å². The molecular weight excluding hydrogens is 534 g/mol. The summed E-state index contributed by atoms with van der Waals surface area (Å²) in [5, 5.41) is 15.4. The third-order valence-corrected chi connectivity index (χ3v) is 7.00. The number of carbonyl (C=O) groups is 4. The number of anilines is 2. The summed E-state index contributed by atoms with van der Waals surface area (Å²) in [4.78, 5) is 51.3. The van der Waals surface area contributed by atoms with Crippen LogP contribution in [0.5, 0.6) is 5.75 Å². The molecule has 2 aliphatic rings. The zero-order valence-corrected chi connectivity index (χ0v) is 20.6. The van der Waals surface area contributed by atoms with Gasteiger partial charge >= 0.3 is 18.0 Å². The van der Waals surface area contributed by atoms with E-state index in [2.05, 4.69) is 26.6 Å². The highest BCUT2D eigenvalue weighted by Crippen LogP contribution is 2.48. The number of hydrogen-bond donors (Lipinski definition) is 4. The lowest BCUT2D eigenvalue weighted by Crippen LogP contribution is -2.47. The number of benzene rings is 2. The molecule has 0 radical (unpaired) electrons. The number of carboxylic acids is 1. The monoisotopic (exact) mass is 555 g/mol. The summed E-state index contributed by atoms with van der Waals surface area (Å²) < 4.78 is 7.00. The molecule has 1 aliphatic heterocycles. The number of aromatic carboxylic acids is 1. The first-order valence-electron chi connectivity index (χ1n) is 11.1. The van der Waals surface area contributed by atoms with Crippen LogP contribution in [0.1, 0.15) is 23.2 Å². The highest BCUT2D eigenvalue weighted by atomic mass is 79.9. The van der Waals surface area contributed by atoms with Crippen LogP contribution in [0.25, 0.3) is 10.9 Å². The molecule has 1 saturated carbocycles. The predicted molar refractivity (Wildman–Crippen MR) is 134 cm³/mol. The molecule has 0 spiro atoms. The summed E-state index contributed by atoms with van der Waals surface area (Å²) in [6, 6.07) is 7.42. The highest BCUT2D eigenvalue weighted by Gasteiger charge is 2.56. The van der Waals surface area contributed by atoms with Gasteiger partial charge in [0, 0.05) is 27.8 Å². The fourth-order valence-electron chi connectivity index (χ4n) is 4.79. The Balaban J connectivity index is 1.39. The van der Waals surface area contributed by atoms with Crippen LogP contribution in [0.4, 0.5) is 21.0 Å². The first-order chi connectivity index (χ1) is 17.2. The Kier molecular flexibility index (Phi) is 5.83. The molecule has 3 aromatic rings. The van der Waals surface area contributed by atoms with Crippen molar-refractivity contribution in [3.8, 4) is 5.75 Å². The number of nitrogens with two attached hydrogens (primary N) is 1. The fraction of sp³-hybridized carbons (Fsp3) is 0.250. The van der Waals surface area contributed by atoms with Gasteiger partial charge in [-0.1, -0.05) is 15.9 Å². The molecule has 2 aromatic carbocycles. The topological polar surface area (TPSA) is 156 Å². The molecule has 5 N–H and O–H groups in total. The average molecular weight is 556 g/mol. The largest absolute Gasteiger partial charge is 0.497 e.